The zero-order valence-electron chi connectivity index (χ0n) is 16.6. The van der Waals surface area contributed by atoms with Gasteiger partial charge < -0.3 is 19.9 Å². The number of hydrogen-bond acceptors (Lipinski definition) is 4. The number of aromatic hydroxyl groups is 1. The first kappa shape index (κ1) is 22.4. The highest BCUT2D eigenvalue weighted by Gasteiger charge is 2.14. The molecule has 3 rings (SSSR count). The fourth-order valence-corrected chi connectivity index (χ4v) is 3.70. The quantitative estimate of drug-likeness (QED) is 0.343. The van der Waals surface area contributed by atoms with Gasteiger partial charge in [0.2, 0.25) is 0 Å². The average molecular weight is 467 g/mol. The third-order valence-corrected chi connectivity index (χ3v) is 5.37. The Balaban J connectivity index is 1.78. The van der Waals surface area contributed by atoms with E-state index in [1.165, 1.54) is 0 Å². The van der Waals surface area contributed by atoms with E-state index >= 15 is 0 Å². The van der Waals surface area contributed by atoms with E-state index in [0.29, 0.717) is 42.0 Å². The Bertz CT molecular complexity index is 1020. The van der Waals surface area contributed by atoms with Crippen molar-refractivity contribution in [3.63, 3.8) is 0 Å². The summed E-state index contributed by atoms with van der Waals surface area (Å²) in [6.45, 7) is 5.28. The van der Waals surface area contributed by atoms with Gasteiger partial charge in [-0.15, -0.1) is 0 Å². The highest BCUT2D eigenvalue weighted by atomic mass is 35.5. The summed E-state index contributed by atoms with van der Waals surface area (Å²) in [5, 5.41) is 13.7. The Hall–Kier alpha value is -2.27. The van der Waals surface area contributed by atoms with Gasteiger partial charge in [0.05, 0.1) is 21.7 Å². The van der Waals surface area contributed by atoms with E-state index in [9.17, 15) is 5.11 Å². The molecule has 3 aromatic carbocycles. The van der Waals surface area contributed by atoms with Crippen molar-refractivity contribution < 1.29 is 14.6 Å². The van der Waals surface area contributed by atoms with E-state index in [0.717, 1.165) is 16.7 Å². The average Bonchev–Trinajstić information content (AvgIpc) is 2.71. The number of benzene rings is 3. The molecule has 0 aromatic heterocycles. The molecule has 3 aromatic rings. The summed E-state index contributed by atoms with van der Waals surface area (Å²) in [7, 11) is 0. The van der Waals surface area contributed by atoms with Crippen molar-refractivity contribution in [2.75, 3.05) is 11.9 Å². The van der Waals surface area contributed by atoms with E-state index < -0.39 is 0 Å². The van der Waals surface area contributed by atoms with E-state index in [-0.39, 0.29) is 15.8 Å². The minimum Gasteiger partial charge on any atom is -0.505 e. The van der Waals surface area contributed by atoms with Crippen molar-refractivity contribution in [3.05, 3.63) is 80.3 Å². The Labute approximate surface area is 191 Å². The van der Waals surface area contributed by atoms with Gasteiger partial charge in [-0.3, -0.25) is 0 Å². The molecule has 0 heterocycles. The molecule has 4 nitrogen and oxygen atoms in total. The second-order valence-electron chi connectivity index (χ2n) is 6.70. The maximum Gasteiger partial charge on any atom is 0.180 e. The largest absolute Gasteiger partial charge is 0.505 e. The summed E-state index contributed by atoms with van der Waals surface area (Å²) < 4.78 is 11.8. The molecule has 0 saturated carbocycles. The highest BCUT2D eigenvalue weighted by Crippen LogP contribution is 2.38. The summed E-state index contributed by atoms with van der Waals surface area (Å²) in [5.74, 6) is 0.958. The van der Waals surface area contributed by atoms with Crippen LogP contribution in [0.15, 0.2) is 48.5 Å². The molecule has 0 spiro atoms. The number of nitrogens with one attached hydrogen (secondary N) is 1. The van der Waals surface area contributed by atoms with Crippen LogP contribution in [0.25, 0.3) is 0 Å². The molecule has 0 atom stereocenters. The van der Waals surface area contributed by atoms with Gasteiger partial charge in [0.15, 0.2) is 17.2 Å². The molecule has 0 bridgehead atoms. The molecule has 0 unspecified atom stereocenters. The smallest absolute Gasteiger partial charge is 0.180 e. The third kappa shape index (κ3) is 5.45. The van der Waals surface area contributed by atoms with Gasteiger partial charge in [-0.2, -0.15) is 0 Å². The van der Waals surface area contributed by atoms with Gasteiger partial charge in [0.1, 0.15) is 6.61 Å². The lowest BCUT2D eigenvalue weighted by atomic mass is 10.1. The van der Waals surface area contributed by atoms with E-state index in [2.05, 4.69) is 5.32 Å². The Morgan fingerprint density at radius 3 is 2.30 bits per heavy atom. The normalized spacial score (nSPS) is 10.7. The minimum absolute atomic E-state index is 0.138. The van der Waals surface area contributed by atoms with Crippen molar-refractivity contribution >= 4 is 40.5 Å². The maximum atomic E-state index is 9.69. The van der Waals surface area contributed by atoms with Gasteiger partial charge in [0, 0.05) is 12.2 Å². The summed E-state index contributed by atoms with van der Waals surface area (Å²) in [4.78, 5) is 0. The topological polar surface area (TPSA) is 50.7 Å². The number of rotatable bonds is 8. The molecular weight excluding hydrogens is 445 g/mol. The number of phenols is 1. The van der Waals surface area contributed by atoms with Gasteiger partial charge in [-0.05, 0) is 54.8 Å². The van der Waals surface area contributed by atoms with Crippen molar-refractivity contribution in [2.45, 2.75) is 27.0 Å². The first-order valence-corrected chi connectivity index (χ1v) is 10.6. The van der Waals surface area contributed by atoms with Crippen LogP contribution >= 0.6 is 34.8 Å². The second-order valence-corrected chi connectivity index (χ2v) is 7.92. The lowest BCUT2D eigenvalue weighted by molar-refractivity contribution is 0.269. The van der Waals surface area contributed by atoms with Crippen molar-refractivity contribution in [1.82, 2.24) is 0 Å². The number of halogens is 3. The molecule has 0 saturated heterocycles. The monoisotopic (exact) mass is 465 g/mol. The Kier molecular flexibility index (Phi) is 7.59. The van der Waals surface area contributed by atoms with Crippen LogP contribution < -0.4 is 14.8 Å². The summed E-state index contributed by atoms with van der Waals surface area (Å²) in [6, 6.07) is 15.0. The van der Waals surface area contributed by atoms with E-state index in [1.54, 1.807) is 12.1 Å². The second kappa shape index (κ2) is 10.2. The summed E-state index contributed by atoms with van der Waals surface area (Å²) in [5.41, 5.74) is 3.81. The van der Waals surface area contributed by atoms with Crippen molar-refractivity contribution in [2.24, 2.45) is 0 Å². The van der Waals surface area contributed by atoms with Crippen LogP contribution in [-0.4, -0.2) is 11.7 Å². The number of ether oxygens (including phenoxy) is 2. The van der Waals surface area contributed by atoms with Gasteiger partial charge in [0.25, 0.3) is 0 Å². The van der Waals surface area contributed by atoms with Crippen LogP contribution in [-0.2, 0) is 13.2 Å². The lowest BCUT2D eigenvalue weighted by Crippen LogP contribution is -2.04. The first-order chi connectivity index (χ1) is 14.4. The minimum atomic E-state index is -0.138. The van der Waals surface area contributed by atoms with Gasteiger partial charge >= 0.3 is 0 Å². The van der Waals surface area contributed by atoms with Crippen LogP contribution in [0.1, 0.15) is 23.6 Å². The predicted molar refractivity (Wildman–Crippen MR) is 124 cm³/mol. The first-order valence-electron chi connectivity index (χ1n) is 9.43. The number of anilines is 1. The van der Waals surface area contributed by atoms with Gasteiger partial charge in [-0.25, -0.2) is 0 Å². The van der Waals surface area contributed by atoms with Crippen molar-refractivity contribution in [3.8, 4) is 17.2 Å². The van der Waals surface area contributed by atoms with Crippen LogP contribution in [0.4, 0.5) is 5.69 Å². The Morgan fingerprint density at radius 2 is 1.63 bits per heavy atom. The molecule has 0 aliphatic carbocycles. The fraction of sp³-hybridized carbons (Fsp3) is 0.217. The molecule has 0 fully saturated rings. The zero-order chi connectivity index (χ0) is 21.7. The number of phenolic OH excluding ortho intramolecular Hbond substituents is 1. The molecule has 2 N–H and O–H groups in total. The van der Waals surface area contributed by atoms with Crippen LogP contribution in [0, 0.1) is 6.92 Å². The zero-order valence-corrected chi connectivity index (χ0v) is 18.9. The summed E-state index contributed by atoms with van der Waals surface area (Å²) in [6.07, 6.45) is 0. The maximum absolute atomic E-state index is 9.69. The predicted octanol–water partition coefficient (Wildman–Crippen LogP) is 7.25. The lowest BCUT2D eigenvalue weighted by Gasteiger charge is -2.17. The van der Waals surface area contributed by atoms with Crippen LogP contribution in [0.2, 0.25) is 15.1 Å². The highest BCUT2D eigenvalue weighted by molar-refractivity contribution is 6.37. The van der Waals surface area contributed by atoms with E-state index in [1.807, 2.05) is 50.2 Å². The molecule has 0 radical (unpaired) electrons. The number of aryl methyl sites for hydroxylation is 1. The molecule has 0 amide bonds. The molecule has 7 heteroatoms. The van der Waals surface area contributed by atoms with Crippen LogP contribution in [0.3, 0.4) is 0 Å². The molecule has 158 valence electrons. The summed E-state index contributed by atoms with van der Waals surface area (Å²) >= 11 is 18.5. The molecule has 0 aliphatic heterocycles. The van der Waals surface area contributed by atoms with Crippen LogP contribution in [0.5, 0.6) is 17.2 Å². The van der Waals surface area contributed by atoms with Gasteiger partial charge in [-0.1, -0.05) is 59.1 Å². The number of hydrogen-bond donors (Lipinski definition) is 2. The molecule has 0 aliphatic rings. The standard InChI is InChI=1S/C23H22Cl3NO3/c1-3-29-21-9-15(12-27-17-10-18(24)22(28)19(25)11-17)8-20(26)23(21)30-13-16-7-5-4-6-14(16)2/h4-11,27-28H,3,12-13H2,1-2H3. The Morgan fingerprint density at radius 1 is 0.933 bits per heavy atom. The fourth-order valence-electron chi connectivity index (χ4n) is 2.92. The third-order valence-electron chi connectivity index (χ3n) is 4.52. The van der Waals surface area contributed by atoms with Crippen molar-refractivity contribution in [1.29, 1.82) is 0 Å². The molecular formula is C23H22Cl3NO3. The SMILES string of the molecule is CCOc1cc(CNc2cc(Cl)c(O)c(Cl)c2)cc(Cl)c1OCc1ccccc1C. The van der Waals surface area contributed by atoms with E-state index in [4.69, 9.17) is 44.3 Å². The molecule has 30 heavy (non-hydrogen) atoms.